The highest BCUT2D eigenvalue weighted by Gasteiger charge is 2.32. The molecular formula is C24H25N3O3. The van der Waals surface area contributed by atoms with E-state index in [2.05, 4.69) is 16.8 Å². The number of hydrogen-bond donors (Lipinski definition) is 1. The lowest BCUT2D eigenvalue weighted by atomic mass is 10.0. The van der Waals surface area contributed by atoms with Gasteiger partial charge in [-0.2, -0.15) is 0 Å². The number of fused-ring (bicyclic) bond motifs is 5. The number of nitrogens with zero attached hydrogens (tertiary/aromatic N) is 3. The fourth-order valence-electron chi connectivity index (χ4n) is 4.70. The molecule has 0 saturated carbocycles. The van der Waals surface area contributed by atoms with Gasteiger partial charge in [-0.05, 0) is 13.1 Å². The molecule has 1 fully saturated rings. The van der Waals surface area contributed by atoms with Crippen molar-refractivity contribution in [3.05, 3.63) is 70.0 Å². The highest BCUT2D eigenvalue weighted by Crippen LogP contribution is 2.39. The van der Waals surface area contributed by atoms with Gasteiger partial charge in [0.2, 0.25) is 0 Å². The Hall–Kier alpha value is -2.80. The standard InChI is InChI=1S/C24H25N3O3/c1-25-10-12-26(13-11-25)14-16(28)15-27-22-18-7-3-4-8-19(18)23(29)21(22)17-6-2-5-9-20(17)24(27)30/h2-9,16,28H,10-15H2,1H3/t16-/m1/s1. The quantitative estimate of drug-likeness (QED) is 0.563. The highest BCUT2D eigenvalue weighted by atomic mass is 16.3. The molecule has 6 heteroatoms. The minimum atomic E-state index is -0.695. The molecule has 5 rings (SSSR count). The number of hydrogen-bond acceptors (Lipinski definition) is 5. The zero-order valence-electron chi connectivity index (χ0n) is 17.0. The molecule has 30 heavy (non-hydrogen) atoms. The molecule has 1 atom stereocenters. The van der Waals surface area contributed by atoms with Crippen LogP contribution in [-0.4, -0.2) is 71.1 Å². The van der Waals surface area contributed by atoms with Crippen molar-refractivity contribution in [2.45, 2.75) is 12.6 Å². The van der Waals surface area contributed by atoms with Crippen LogP contribution < -0.4 is 5.56 Å². The van der Waals surface area contributed by atoms with Crippen LogP contribution in [0.25, 0.3) is 22.0 Å². The van der Waals surface area contributed by atoms with E-state index in [9.17, 15) is 14.7 Å². The van der Waals surface area contributed by atoms with E-state index in [4.69, 9.17) is 0 Å². The Kier molecular flexibility index (Phi) is 4.77. The van der Waals surface area contributed by atoms with Crippen LogP contribution in [0.1, 0.15) is 15.9 Å². The molecule has 2 aliphatic rings. The normalized spacial score (nSPS) is 17.9. The second-order valence-corrected chi connectivity index (χ2v) is 8.32. The third kappa shape index (κ3) is 3.08. The number of piperazine rings is 1. The van der Waals surface area contributed by atoms with E-state index in [0.717, 1.165) is 31.7 Å². The van der Waals surface area contributed by atoms with Crippen molar-refractivity contribution in [1.29, 1.82) is 0 Å². The maximum Gasteiger partial charge on any atom is 0.259 e. The van der Waals surface area contributed by atoms with E-state index in [0.29, 0.717) is 34.1 Å². The summed E-state index contributed by atoms with van der Waals surface area (Å²) in [5.74, 6) is -0.0564. The summed E-state index contributed by atoms with van der Waals surface area (Å²) < 4.78 is 1.61. The third-order valence-corrected chi connectivity index (χ3v) is 6.29. The Morgan fingerprint density at radius 1 is 0.867 bits per heavy atom. The van der Waals surface area contributed by atoms with Gasteiger partial charge in [0, 0.05) is 54.6 Å². The molecule has 1 aliphatic carbocycles. The van der Waals surface area contributed by atoms with Crippen molar-refractivity contribution in [2.24, 2.45) is 0 Å². The van der Waals surface area contributed by atoms with Gasteiger partial charge < -0.3 is 14.6 Å². The van der Waals surface area contributed by atoms with Gasteiger partial charge in [0.25, 0.3) is 5.56 Å². The van der Waals surface area contributed by atoms with Gasteiger partial charge in [-0.15, -0.1) is 0 Å². The first-order valence-electron chi connectivity index (χ1n) is 10.4. The molecule has 2 heterocycles. The Morgan fingerprint density at radius 3 is 2.23 bits per heavy atom. The first kappa shape index (κ1) is 19.2. The molecule has 0 bridgehead atoms. The summed E-state index contributed by atoms with van der Waals surface area (Å²) >= 11 is 0. The number of carbonyl (C=O) groups excluding carboxylic acids is 1. The zero-order chi connectivity index (χ0) is 20.8. The van der Waals surface area contributed by atoms with Gasteiger partial charge in [0.15, 0.2) is 5.78 Å². The summed E-state index contributed by atoms with van der Waals surface area (Å²) in [4.78, 5) is 31.1. The molecule has 0 unspecified atom stereocenters. The number of aliphatic hydroxyl groups is 1. The third-order valence-electron chi connectivity index (χ3n) is 6.29. The molecule has 3 aromatic rings. The van der Waals surface area contributed by atoms with Crippen molar-refractivity contribution in [1.82, 2.24) is 14.4 Å². The van der Waals surface area contributed by atoms with Crippen molar-refractivity contribution in [3.63, 3.8) is 0 Å². The number of carbonyl (C=O) groups is 1. The van der Waals surface area contributed by atoms with Gasteiger partial charge in [-0.3, -0.25) is 14.5 Å². The first-order chi connectivity index (χ1) is 14.5. The summed E-state index contributed by atoms with van der Waals surface area (Å²) in [6, 6.07) is 14.7. The molecule has 0 spiro atoms. The molecule has 1 aliphatic heterocycles. The van der Waals surface area contributed by atoms with E-state index >= 15 is 0 Å². The Morgan fingerprint density at radius 2 is 1.50 bits per heavy atom. The van der Waals surface area contributed by atoms with Crippen LogP contribution in [0.3, 0.4) is 0 Å². The van der Waals surface area contributed by atoms with Gasteiger partial charge in [-0.1, -0.05) is 42.5 Å². The lowest BCUT2D eigenvalue weighted by Crippen LogP contribution is -2.48. The SMILES string of the molecule is CN1CCN(C[C@@H](O)Cn2c3c(c4ccccc4c2=O)C(=O)c2ccccc2-3)CC1. The fourth-order valence-corrected chi connectivity index (χ4v) is 4.70. The number of β-amino-alcohol motifs (C(OH)–C–C–N with tert-alkyl or cyclic N) is 1. The number of likely N-dealkylation sites (N-methyl/N-ethyl adjacent to an activating group) is 1. The second kappa shape index (κ2) is 7.47. The van der Waals surface area contributed by atoms with Crippen LogP contribution in [0.2, 0.25) is 0 Å². The molecule has 2 aromatic carbocycles. The van der Waals surface area contributed by atoms with E-state index in [1.54, 1.807) is 10.6 Å². The van der Waals surface area contributed by atoms with Crippen LogP contribution in [0.5, 0.6) is 0 Å². The summed E-state index contributed by atoms with van der Waals surface area (Å²) in [5.41, 5.74) is 2.43. The molecule has 0 amide bonds. The molecule has 1 saturated heterocycles. The largest absolute Gasteiger partial charge is 0.390 e. The van der Waals surface area contributed by atoms with E-state index in [1.807, 2.05) is 42.5 Å². The Labute approximate surface area is 175 Å². The van der Waals surface area contributed by atoms with E-state index in [-0.39, 0.29) is 17.9 Å². The molecule has 1 aromatic heterocycles. The molecule has 1 N–H and O–H groups in total. The lowest BCUT2D eigenvalue weighted by molar-refractivity contribution is 0.0708. The maximum absolute atomic E-state index is 13.4. The van der Waals surface area contributed by atoms with Crippen molar-refractivity contribution >= 4 is 16.6 Å². The summed E-state index contributed by atoms with van der Waals surface area (Å²) in [6.07, 6.45) is -0.695. The van der Waals surface area contributed by atoms with Crippen LogP contribution in [0.15, 0.2) is 53.3 Å². The number of aromatic nitrogens is 1. The maximum atomic E-state index is 13.4. The molecule has 154 valence electrons. The fraction of sp³-hybridized carbons (Fsp3) is 0.333. The van der Waals surface area contributed by atoms with Gasteiger partial charge in [0.05, 0.1) is 23.9 Å². The topological polar surface area (TPSA) is 65.8 Å². The molecule has 6 nitrogen and oxygen atoms in total. The van der Waals surface area contributed by atoms with E-state index in [1.165, 1.54) is 0 Å². The average Bonchev–Trinajstić information content (AvgIpc) is 3.06. The van der Waals surface area contributed by atoms with E-state index < -0.39 is 6.10 Å². The lowest BCUT2D eigenvalue weighted by Gasteiger charge is -2.33. The Bertz CT molecular complexity index is 1190. The summed E-state index contributed by atoms with van der Waals surface area (Å²) in [7, 11) is 2.10. The summed E-state index contributed by atoms with van der Waals surface area (Å²) in [5, 5.41) is 12.1. The number of rotatable bonds is 4. The molecule has 0 radical (unpaired) electrons. The minimum absolute atomic E-state index is 0.0564. The first-order valence-corrected chi connectivity index (χ1v) is 10.4. The predicted octanol–water partition coefficient (Wildman–Crippen LogP) is 1.82. The number of ketones is 1. The minimum Gasteiger partial charge on any atom is -0.390 e. The van der Waals surface area contributed by atoms with Gasteiger partial charge in [-0.25, -0.2) is 0 Å². The van der Waals surface area contributed by atoms with Crippen LogP contribution in [0.4, 0.5) is 0 Å². The molecular weight excluding hydrogens is 378 g/mol. The smallest absolute Gasteiger partial charge is 0.259 e. The van der Waals surface area contributed by atoms with Gasteiger partial charge >= 0.3 is 0 Å². The van der Waals surface area contributed by atoms with Crippen molar-refractivity contribution < 1.29 is 9.90 Å². The Balaban J connectivity index is 1.58. The van der Waals surface area contributed by atoms with Gasteiger partial charge in [0.1, 0.15) is 0 Å². The number of benzene rings is 2. The average molecular weight is 403 g/mol. The highest BCUT2D eigenvalue weighted by molar-refractivity contribution is 6.26. The monoisotopic (exact) mass is 403 g/mol. The number of aliphatic hydroxyl groups excluding tert-OH is 1. The van der Waals surface area contributed by atoms with Crippen LogP contribution in [-0.2, 0) is 6.54 Å². The van der Waals surface area contributed by atoms with Crippen molar-refractivity contribution in [3.8, 4) is 11.3 Å². The summed E-state index contributed by atoms with van der Waals surface area (Å²) in [6.45, 7) is 4.43. The number of pyridine rings is 1. The zero-order valence-corrected chi connectivity index (χ0v) is 17.0. The van der Waals surface area contributed by atoms with Crippen LogP contribution >= 0.6 is 0 Å². The predicted molar refractivity (Wildman–Crippen MR) is 117 cm³/mol. The van der Waals surface area contributed by atoms with Crippen molar-refractivity contribution in [2.75, 3.05) is 39.8 Å². The second-order valence-electron chi connectivity index (χ2n) is 8.32. The van der Waals surface area contributed by atoms with Crippen LogP contribution in [0, 0.1) is 0 Å².